The molecule has 1 heterocycles. The van der Waals surface area contributed by atoms with E-state index < -0.39 is 0 Å². The zero-order valence-electron chi connectivity index (χ0n) is 12.7. The van der Waals surface area contributed by atoms with Crippen LogP contribution < -0.4 is 10.2 Å². The van der Waals surface area contributed by atoms with Gasteiger partial charge in [-0.2, -0.15) is 0 Å². The lowest BCUT2D eigenvalue weighted by Gasteiger charge is -2.50. The van der Waals surface area contributed by atoms with Gasteiger partial charge in [0.2, 0.25) is 0 Å². The van der Waals surface area contributed by atoms with E-state index in [0.29, 0.717) is 11.1 Å². The Bertz CT molecular complexity index is 498. The Morgan fingerprint density at radius 1 is 1.24 bits per heavy atom. The van der Waals surface area contributed by atoms with Crippen LogP contribution in [0.2, 0.25) is 10.0 Å². The number of hydrogen-bond donors (Lipinski definition) is 1. The normalized spacial score (nSPS) is 25.3. The van der Waals surface area contributed by atoms with Gasteiger partial charge in [0.15, 0.2) is 0 Å². The van der Waals surface area contributed by atoms with Gasteiger partial charge in [-0.05, 0) is 37.5 Å². The van der Waals surface area contributed by atoms with Gasteiger partial charge < -0.3 is 10.2 Å². The van der Waals surface area contributed by atoms with Gasteiger partial charge in [0.25, 0.3) is 0 Å². The van der Waals surface area contributed by atoms with E-state index in [-0.39, 0.29) is 5.54 Å². The average Bonchev–Trinajstić information content (AvgIpc) is 2.48. The zero-order valence-corrected chi connectivity index (χ0v) is 14.2. The van der Waals surface area contributed by atoms with Crippen molar-refractivity contribution >= 4 is 28.9 Å². The zero-order chi connectivity index (χ0) is 14.9. The van der Waals surface area contributed by atoms with E-state index in [0.717, 1.165) is 30.2 Å². The van der Waals surface area contributed by atoms with Crippen molar-refractivity contribution in [1.82, 2.24) is 5.32 Å². The molecule has 21 heavy (non-hydrogen) atoms. The van der Waals surface area contributed by atoms with Gasteiger partial charge >= 0.3 is 0 Å². The molecule has 0 aromatic heterocycles. The van der Waals surface area contributed by atoms with Crippen molar-refractivity contribution in [3.8, 4) is 0 Å². The van der Waals surface area contributed by atoms with Gasteiger partial charge in [0.05, 0.1) is 10.7 Å². The van der Waals surface area contributed by atoms with Crippen LogP contribution >= 0.6 is 23.2 Å². The van der Waals surface area contributed by atoms with Crippen molar-refractivity contribution < 1.29 is 0 Å². The molecule has 1 unspecified atom stereocenters. The summed E-state index contributed by atoms with van der Waals surface area (Å²) in [5, 5.41) is 5.33. The molecule has 0 radical (unpaired) electrons. The highest BCUT2D eigenvalue weighted by Crippen LogP contribution is 2.37. The number of piperazine rings is 1. The second-order valence-corrected chi connectivity index (χ2v) is 7.35. The molecule has 1 saturated carbocycles. The lowest BCUT2D eigenvalue weighted by Crippen LogP contribution is -2.65. The Hall–Kier alpha value is -0.440. The molecule has 1 saturated heterocycles. The molecule has 1 aliphatic carbocycles. The smallest absolute Gasteiger partial charge is 0.0654 e. The third kappa shape index (κ3) is 3.18. The molecule has 2 aliphatic rings. The van der Waals surface area contributed by atoms with Crippen molar-refractivity contribution in [1.29, 1.82) is 0 Å². The SMILES string of the molecule is CCC1CNC2(CCCCC2)CN1c1ccc(Cl)cc1Cl. The van der Waals surface area contributed by atoms with E-state index in [1.165, 1.54) is 32.1 Å². The molecule has 4 heteroatoms. The van der Waals surface area contributed by atoms with Crippen LogP contribution in [0.4, 0.5) is 5.69 Å². The third-order valence-electron chi connectivity index (χ3n) is 5.13. The topological polar surface area (TPSA) is 15.3 Å². The van der Waals surface area contributed by atoms with Crippen LogP contribution in [0.25, 0.3) is 0 Å². The number of nitrogens with zero attached hydrogens (tertiary/aromatic N) is 1. The van der Waals surface area contributed by atoms with E-state index in [9.17, 15) is 0 Å². The summed E-state index contributed by atoms with van der Waals surface area (Å²) in [5.74, 6) is 0. The van der Waals surface area contributed by atoms with Crippen LogP contribution in [0.1, 0.15) is 45.4 Å². The molecule has 1 aromatic rings. The summed E-state index contributed by atoms with van der Waals surface area (Å²) in [6.07, 6.45) is 7.75. The monoisotopic (exact) mass is 326 g/mol. The second kappa shape index (κ2) is 6.36. The van der Waals surface area contributed by atoms with Crippen molar-refractivity contribution in [2.45, 2.75) is 57.0 Å². The Labute approximate surface area is 137 Å². The van der Waals surface area contributed by atoms with Crippen LogP contribution in [-0.4, -0.2) is 24.7 Å². The predicted octanol–water partition coefficient (Wildman–Crippen LogP) is 4.88. The molecule has 0 bridgehead atoms. The maximum atomic E-state index is 6.47. The van der Waals surface area contributed by atoms with E-state index in [1.807, 2.05) is 12.1 Å². The Balaban J connectivity index is 1.88. The van der Waals surface area contributed by atoms with Crippen LogP contribution in [-0.2, 0) is 0 Å². The van der Waals surface area contributed by atoms with E-state index in [4.69, 9.17) is 23.2 Å². The fourth-order valence-corrected chi connectivity index (χ4v) is 4.40. The average molecular weight is 327 g/mol. The Morgan fingerprint density at radius 3 is 2.67 bits per heavy atom. The highest BCUT2D eigenvalue weighted by molar-refractivity contribution is 6.36. The number of benzene rings is 1. The minimum Gasteiger partial charge on any atom is -0.364 e. The molecule has 1 atom stereocenters. The molecule has 1 spiro atoms. The maximum absolute atomic E-state index is 6.47. The highest BCUT2D eigenvalue weighted by Gasteiger charge is 2.39. The van der Waals surface area contributed by atoms with Crippen LogP contribution in [0.3, 0.4) is 0 Å². The van der Waals surface area contributed by atoms with Crippen LogP contribution in [0.15, 0.2) is 18.2 Å². The Morgan fingerprint density at radius 2 is 2.00 bits per heavy atom. The minimum absolute atomic E-state index is 0.285. The number of rotatable bonds is 2. The number of halogens is 2. The molecular weight excluding hydrogens is 303 g/mol. The quantitative estimate of drug-likeness (QED) is 0.832. The summed E-state index contributed by atoms with van der Waals surface area (Å²) in [5.41, 5.74) is 1.42. The fraction of sp³-hybridized carbons (Fsp3) is 0.647. The van der Waals surface area contributed by atoms with E-state index in [2.05, 4.69) is 23.2 Å². The summed E-state index contributed by atoms with van der Waals surface area (Å²) in [6, 6.07) is 6.40. The van der Waals surface area contributed by atoms with Gasteiger partial charge in [-0.25, -0.2) is 0 Å². The highest BCUT2D eigenvalue weighted by atomic mass is 35.5. The van der Waals surface area contributed by atoms with E-state index >= 15 is 0 Å². The van der Waals surface area contributed by atoms with Crippen molar-refractivity contribution in [2.75, 3.05) is 18.0 Å². The number of hydrogen-bond acceptors (Lipinski definition) is 2. The molecule has 2 fully saturated rings. The van der Waals surface area contributed by atoms with Gasteiger partial charge in [0.1, 0.15) is 0 Å². The van der Waals surface area contributed by atoms with Crippen LogP contribution in [0.5, 0.6) is 0 Å². The molecule has 1 aromatic carbocycles. The van der Waals surface area contributed by atoms with Gasteiger partial charge in [-0.3, -0.25) is 0 Å². The predicted molar refractivity (Wildman–Crippen MR) is 91.7 cm³/mol. The van der Waals surface area contributed by atoms with Gasteiger partial charge in [-0.15, -0.1) is 0 Å². The lowest BCUT2D eigenvalue weighted by molar-refractivity contribution is 0.196. The summed E-state index contributed by atoms with van der Waals surface area (Å²) in [7, 11) is 0. The second-order valence-electron chi connectivity index (χ2n) is 6.51. The third-order valence-corrected chi connectivity index (χ3v) is 5.67. The summed E-state index contributed by atoms with van der Waals surface area (Å²) >= 11 is 12.5. The molecular formula is C17H24Cl2N2. The maximum Gasteiger partial charge on any atom is 0.0654 e. The van der Waals surface area contributed by atoms with Crippen molar-refractivity contribution in [3.63, 3.8) is 0 Å². The first-order chi connectivity index (χ1) is 10.1. The van der Waals surface area contributed by atoms with E-state index in [1.54, 1.807) is 0 Å². The Kier molecular flexibility index (Phi) is 4.68. The summed E-state index contributed by atoms with van der Waals surface area (Å²) in [6.45, 7) is 4.37. The van der Waals surface area contributed by atoms with Crippen LogP contribution in [0, 0.1) is 0 Å². The molecule has 0 amide bonds. The molecule has 1 N–H and O–H groups in total. The molecule has 1 aliphatic heterocycles. The number of nitrogens with one attached hydrogen (secondary N) is 1. The largest absolute Gasteiger partial charge is 0.364 e. The van der Waals surface area contributed by atoms with Crippen molar-refractivity contribution in [3.05, 3.63) is 28.2 Å². The standard InChI is InChI=1S/C17H24Cl2N2/c1-2-14-11-20-17(8-4-3-5-9-17)12-21(14)16-7-6-13(18)10-15(16)19/h6-7,10,14,20H,2-5,8-9,11-12H2,1H3. The van der Waals surface area contributed by atoms with Crippen molar-refractivity contribution in [2.24, 2.45) is 0 Å². The first kappa shape index (κ1) is 15.5. The molecule has 2 nitrogen and oxygen atoms in total. The first-order valence-electron chi connectivity index (χ1n) is 8.10. The minimum atomic E-state index is 0.285. The first-order valence-corrected chi connectivity index (χ1v) is 8.86. The number of anilines is 1. The van der Waals surface area contributed by atoms with Gasteiger partial charge in [0, 0.05) is 29.7 Å². The molecule has 116 valence electrons. The molecule has 3 rings (SSSR count). The summed E-state index contributed by atoms with van der Waals surface area (Å²) < 4.78 is 0. The summed E-state index contributed by atoms with van der Waals surface area (Å²) in [4.78, 5) is 2.51. The lowest BCUT2D eigenvalue weighted by atomic mass is 9.79. The fourth-order valence-electron chi connectivity index (χ4n) is 3.88. The van der Waals surface area contributed by atoms with Gasteiger partial charge in [-0.1, -0.05) is 49.4 Å².